The average molecular weight is 674 g/mol. The predicted molar refractivity (Wildman–Crippen MR) is 183 cm³/mol. The van der Waals surface area contributed by atoms with E-state index in [0.717, 1.165) is 11.1 Å². The average Bonchev–Trinajstić information content (AvgIpc) is 3.74. The van der Waals surface area contributed by atoms with Crippen molar-refractivity contribution >= 4 is 29.4 Å². The number of benzene rings is 2. The number of nitrogens with zero attached hydrogens (tertiary/aromatic N) is 2. The molecule has 11 nitrogen and oxygen atoms in total. The second-order valence-corrected chi connectivity index (χ2v) is 13.1. The Balaban J connectivity index is 1.49. The maximum absolute atomic E-state index is 14.7. The van der Waals surface area contributed by atoms with Crippen molar-refractivity contribution in [1.82, 2.24) is 10.2 Å². The number of amides is 3. The minimum Gasteiger partial charge on any atom is -0.455 e. The molecule has 5 rings (SSSR count). The first-order chi connectivity index (χ1) is 23.6. The summed E-state index contributed by atoms with van der Waals surface area (Å²) in [4.78, 5) is 59.1. The lowest BCUT2D eigenvalue weighted by molar-refractivity contribution is -0.163. The van der Waals surface area contributed by atoms with E-state index < -0.39 is 53.6 Å². The maximum atomic E-state index is 14.7. The quantitative estimate of drug-likeness (QED) is 0.204. The van der Waals surface area contributed by atoms with Crippen LogP contribution in [0.1, 0.15) is 48.5 Å². The highest BCUT2D eigenvalue weighted by Gasteiger charge is 2.75. The molecular formula is C38H47N3O8. The lowest BCUT2D eigenvalue weighted by Gasteiger charge is -2.37. The molecule has 3 heterocycles. The monoisotopic (exact) mass is 673 g/mol. The van der Waals surface area contributed by atoms with Crippen LogP contribution in [0.25, 0.3) is 0 Å². The largest absolute Gasteiger partial charge is 0.455 e. The number of aliphatic hydroxyl groups is 1. The van der Waals surface area contributed by atoms with Gasteiger partial charge in [-0.1, -0.05) is 54.6 Å². The van der Waals surface area contributed by atoms with Crippen molar-refractivity contribution in [3.63, 3.8) is 0 Å². The van der Waals surface area contributed by atoms with Crippen molar-refractivity contribution < 1.29 is 38.5 Å². The van der Waals surface area contributed by atoms with Crippen LogP contribution < -0.4 is 10.2 Å². The van der Waals surface area contributed by atoms with Gasteiger partial charge in [0.15, 0.2) is 0 Å². The predicted octanol–water partition coefficient (Wildman–Crippen LogP) is 3.57. The zero-order valence-electron chi connectivity index (χ0n) is 28.5. The SMILES string of the molecule is C=CCCC(=O)N[C@H](COC)[C@H](OC(=O)[C@@H]1[C@@H]2CC[C@]3(O2)[C@H](C(=O)N(CC=C)c2cc(C)ccc2C)N(CCO)C(=O)[C@@H]13)c1ccccc1. The number of rotatable bonds is 16. The number of carbonyl (C=O) groups is 4. The van der Waals surface area contributed by atoms with Crippen LogP contribution in [0.3, 0.4) is 0 Å². The van der Waals surface area contributed by atoms with Crippen LogP contribution in [-0.2, 0) is 33.4 Å². The number of aliphatic hydroxyl groups excluding tert-OH is 1. The van der Waals surface area contributed by atoms with Gasteiger partial charge in [-0.25, -0.2) is 0 Å². The van der Waals surface area contributed by atoms with E-state index >= 15 is 0 Å². The number of anilines is 1. The van der Waals surface area contributed by atoms with Gasteiger partial charge in [-0.3, -0.25) is 19.2 Å². The number of carbonyl (C=O) groups excluding carboxylic acids is 4. The molecule has 2 bridgehead atoms. The number of methoxy groups -OCH3 is 1. The molecule has 3 aliphatic heterocycles. The van der Waals surface area contributed by atoms with Gasteiger partial charge in [0.1, 0.15) is 17.7 Å². The number of hydrogen-bond acceptors (Lipinski definition) is 8. The molecule has 262 valence electrons. The van der Waals surface area contributed by atoms with Crippen molar-refractivity contribution in [2.45, 2.75) is 69.4 Å². The van der Waals surface area contributed by atoms with Gasteiger partial charge in [0.2, 0.25) is 11.8 Å². The summed E-state index contributed by atoms with van der Waals surface area (Å²) in [6.07, 6.45) is 3.21. The van der Waals surface area contributed by atoms with Crippen molar-refractivity contribution in [2.75, 3.05) is 38.3 Å². The molecule has 7 atom stereocenters. The van der Waals surface area contributed by atoms with Crippen molar-refractivity contribution in [1.29, 1.82) is 0 Å². The van der Waals surface area contributed by atoms with E-state index in [0.29, 0.717) is 30.5 Å². The Bertz CT molecular complexity index is 1560. The highest BCUT2D eigenvalue weighted by Crippen LogP contribution is 2.59. The topological polar surface area (TPSA) is 135 Å². The fraction of sp³-hybridized carbons (Fsp3) is 0.474. The summed E-state index contributed by atoms with van der Waals surface area (Å²) >= 11 is 0. The normalized spacial score (nSPS) is 25.0. The van der Waals surface area contributed by atoms with E-state index in [1.807, 2.05) is 50.2 Å². The number of aryl methyl sites for hydroxylation is 2. The number of likely N-dealkylation sites (tertiary alicyclic amines) is 1. The summed E-state index contributed by atoms with van der Waals surface area (Å²) in [5, 5.41) is 13.0. The third-order valence-electron chi connectivity index (χ3n) is 9.89. The molecule has 49 heavy (non-hydrogen) atoms. The van der Waals surface area contributed by atoms with E-state index in [-0.39, 0.29) is 44.5 Å². The molecule has 3 amide bonds. The smallest absolute Gasteiger partial charge is 0.313 e. The van der Waals surface area contributed by atoms with Gasteiger partial charge in [-0.15, -0.1) is 13.2 Å². The van der Waals surface area contributed by atoms with E-state index in [9.17, 15) is 24.3 Å². The van der Waals surface area contributed by atoms with Crippen LogP contribution in [0.4, 0.5) is 5.69 Å². The number of β-amino-alcohol motifs (C(OH)–C–C–N with tert-alkyl or cyclic N) is 1. The molecule has 2 aromatic carbocycles. The molecule has 11 heteroatoms. The number of allylic oxidation sites excluding steroid dienone is 1. The van der Waals surface area contributed by atoms with Crippen molar-refractivity contribution in [2.24, 2.45) is 11.8 Å². The van der Waals surface area contributed by atoms with Crippen LogP contribution in [0.2, 0.25) is 0 Å². The Hall–Kier alpha value is -4.32. The second kappa shape index (κ2) is 15.5. The molecule has 0 aliphatic carbocycles. The zero-order chi connectivity index (χ0) is 35.3. The molecule has 3 aliphatic rings. The van der Waals surface area contributed by atoms with E-state index in [4.69, 9.17) is 14.2 Å². The zero-order valence-corrected chi connectivity index (χ0v) is 28.5. The number of ether oxygens (including phenoxy) is 3. The van der Waals surface area contributed by atoms with Gasteiger partial charge in [0, 0.05) is 32.3 Å². The van der Waals surface area contributed by atoms with Gasteiger partial charge in [-0.2, -0.15) is 0 Å². The first-order valence-electron chi connectivity index (χ1n) is 16.8. The lowest BCUT2D eigenvalue weighted by atomic mass is 9.70. The van der Waals surface area contributed by atoms with Gasteiger partial charge < -0.3 is 34.4 Å². The molecule has 3 fully saturated rings. The van der Waals surface area contributed by atoms with E-state index in [1.165, 1.54) is 12.0 Å². The Labute approximate surface area is 287 Å². The van der Waals surface area contributed by atoms with Crippen LogP contribution in [-0.4, -0.2) is 90.9 Å². The number of nitrogens with one attached hydrogen (secondary N) is 1. The summed E-state index contributed by atoms with van der Waals surface area (Å²) in [6, 6.07) is 13.1. The Kier molecular flexibility index (Phi) is 11.4. The van der Waals surface area contributed by atoms with Crippen LogP contribution >= 0.6 is 0 Å². The lowest BCUT2D eigenvalue weighted by Crippen LogP contribution is -2.57. The van der Waals surface area contributed by atoms with Gasteiger partial charge in [0.25, 0.3) is 5.91 Å². The first kappa shape index (κ1) is 36.0. The second-order valence-electron chi connectivity index (χ2n) is 13.1. The molecule has 0 saturated carbocycles. The molecule has 0 radical (unpaired) electrons. The maximum Gasteiger partial charge on any atom is 0.313 e. The standard InChI is InChI=1S/C38H47N3O8/c1-6-8-14-30(43)39-27(23-47-5)33(26-12-10-9-11-13-26)48-37(46)31-29-17-18-38(49-29)32(31)35(44)41(20-21-42)34(38)36(45)40(19-7-2)28-22-24(3)15-16-25(28)4/h6-7,9-13,15-16,22,27,29,31-34,42H,1-2,8,14,17-21,23H2,3-5H3,(H,39,43)/t27-,29+,31-,32-,33-,34+,38-/m1/s1. The van der Waals surface area contributed by atoms with Gasteiger partial charge in [-0.05, 0) is 55.9 Å². The third-order valence-corrected chi connectivity index (χ3v) is 9.89. The van der Waals surface area contributed by atoms with E-state index in [1.54, 1.807) is 29.2 Å². The summed E-state index contributed by atoms with van der Waals surface area (Å²) in [5.74, 6) is -3.70. The Morgan fingerprint density at radius 3 is 2.59 bits per heavy atom. The molecule has 0 unspecified atom stereocenters. The Morgan fingerprint density at radius 1 is 1.16 bits per heavy atom. The van der Waals surface area contributed by atoms with Crippen LogP contribution in [0.15, 0.2) is 73.8 Å². The summed E-state index contributed by atoms with van der Waals surface area (Å²) in [7, 11) is 1.50. The van der Waals surface area contributed by atoms with Crippen LogP contribution in [0, 0.1) is 25.7 Å². The molecule has 2 N–H and O–H groups in total. The van der Waals surface area contributed by atoms with E-state index in [2.05, 4.69) is 18.5 Å². The number of fused-ring (bicyclic) bond motifs is 1. The minimum atomic E-state index is -1.29. The highest BCUT2D eigenvalue weighted by atomic mass is 16.6. The van der Waals surface area contributed by atoms with Gasteiger partial charge >= 0.3 is 5.97 Å². The number of esters is 1. The molecule has 1 spiro atoms. The highest BCUT2D eigenvalue weighted by molar-refractivity contribution is 6.05. The number of hydrogen-bond donors (Lipinski definition) is 2. The van der Waals surface area contributed by atoms with Crippen molar-refractivity contribution in [3.8, 4) is 0 Å². The van der Waals surface area contributed by atoms with Crippen LogP contribution in [0.5, 0.6) is 0 Å². The molecule has 3 saturated heterocycles. The fourth-order valence-corrected chi connectivity index (χ4v) is 7.77. The first-order valence-corrected chi connectivity index (χ1v) is 16.8. The third kappa shape index (κ3) is 6.92. The fourth-order valence-electron chi connectivity index (χ4n) is 7.77. The molecular weight excluding hydrogens is 626 g/mol. The summed E-state index contributed by atoms with van der Waals surface area (Å²) < 4.78 is 18.3. The van der Waals surface area contributed by atoms with Crippen molar-refractivity contribution in [3.05, 3.63) is 90.5 Å². The minimum absolute atomic E-state index is 0.0575. The van der Waals surface area contributed by atoms with Gasteiger partial charge in [0.05, 0.1) is 37.2 Å². The summed E-state index contributed by atoms with van der Waals surface area (Å²) in [6.45, 7) is 11.2. The molecule has 0 aromatic heterocycles. The molecule has 2 aromatic rings. The Morgan fingerprint density at radius 2 is 1.92 bits per heavy atom. The summed E-state index contributed by atoms with van der Waals surface area (Å²) in [5.41, 5.74) is 1.88.